The van der Waals surface area contributed by atoms with Gasteiger partial charge in [-0.05, 0) is 63.4 Å². The molecule has 2 aromatic carbocycles. The van der Waals surface area contributed by atoms with Gasteiger partial charge in [0.05, 0.1) is 23.3 Å². The van der Waals surface area contributed by atoms with Crippen LogP contribution < -0.4 is 16.1 Å². The number of thiophene rings is 1. The molecule has 4 aromatic rings. The number of carbonyl (C=O) groups excluding carboxylic acids is 6. The Kier molecular flexibility index (Phi) is 10.7. The van der Waals surface area contributed by atoms with E-state index in [1.807, 2.05) is 40.8 Å². The van der Waals surface area contributed by atoms with Gasteiger partial charge in [0.15, 0.2) is 5.82 Å². The van der Waals surface area contributed by atoms with Crippen molar-refractivity contribution in [3.05, 3.63) is 91.8 Å². The van der Waals surface area contributed by atoms with Gasteiger partial charge in [-0.3, -0.25) is 54.0 Å². The molecule has 6 amide bonds. The number of rotatable bonds is 10. The largest absolute Gasteiger partial charge is 0.384 e. The van der Waals surface area contributed by atoms with Gasteiger partial charge in [0, 0.05) is 72.3 Å². The minimum Gasteiger partial charge on any atom is -0.384 e. The molecule has 4 aliphatic heterocycles. The molecule has 8 rings (SSSR count). The average molecular weight is 825 g/mol. The standard InChI is InChI=1S/C40H41ClN10O6S/c1-21-22(2)58-40-33(21)35(24-9-11-25(41)12-10-24)43-28(36-46-45-23(3)50(36)40)20-32(54)48-16-18-49(19-17-48)47-31(53)8-5-15-42-27-7-4-6-26-34(27)39(57)51(38(26)56)29-13-14-30(52)44-37(29)55/h4,6-7,9-12,28-29,42H,5,8,13-20H2,1-3H3,(H,47,53)(H,44,52,55)/t28-,29?/m0/s1. The Bertz CT molecular complexity index is 2400. The lowest BCUT2D eigenvalue weighted by atomic mass is 9.99. The Morgan fingerprint density at radius 1 is 0.948 bits per heavy atom. The molecule has 16 nitrogen and oxygen atoms in total. The van der Waals surface area contributed by atoms with Gasteiger partial charge in [-0.1, -0.05) is 29.8 Å². The third-order valence-corrected chi connectivity index (χ3v) is 12.4. The number of amides is 6. The summed E-state index contributed by atoms with van der Waals surface area (Å²) >= 11 is 7.90. The molecule has 0 radical (unpaired) electrons. The van der Waals surface area contributed by atoms with E-state index in [0.29, 0.717) is 55.7 Å². The third-order valence-electron chi connectivity index (χ3n) is 11.0. The summed E-state index contributed by atoms with van der Waals surface area (Å²) in [6, 6.07) is 10.8. The van der Waals surface area contributed by atoms with Crippen LogP contribution in [0.25, 0.3) is 5.00 Å². The number of anilines is 1. The molecule has 6 heterocycles. The number of hydrogen-bond acceptors (Lipinski definition) is 12. The van der Waals surface area contributed by atoms with E-state index in [9.17, 15) is 28.8 Å². The van der Waals surface area contributed by atoms with Gasteiger partial charge in [-0.15, -0.1) is 21.5 Å². The fraction of sp³-hybridized carbons (Fsp3) is 0.375. The molecular formula is C40H41ClN10O6S. The highest BCUT2D eigenvalue weighted by Crippen LogP contribution is 2.40. The van der Waals surface area contributed by atoms with Gasteiger partial charge in [-0.25, -0.2) is 5.01 Å². The number of nitrogens with zero attached hydrogens (tertiary/aromatic N) is 7. The SMILES string of the molecule is Cc1sc2c(c1C)C(c1ccc(Cl)cc1)=N[C@@H](CC(=O)N1CCN(NC(=O)CCCNc3cccc4c3C(=O)N(C3CCC(=O)NC3=O)C4=O)CC1)c1nnc(C)n1-2. The Hall–Kier alpha value is -5.78. The number of imide groups is 2. The van der Waals surface area contributed by atoms with Crippen LogP contribution in [0, 0.1) is 20.8 Å². The number of benzene rings is 2. The summed E-state index contributed by atoms with van der Waals surface area (Å²) in [5.74, 6) is -1.21. The molecule has 2 atom stereocenters. The lowest BCUT2D eigenvalue weighted by Gasteiger charge is -2.35. The number of piperidine rings is 1. The van der Waals surface area contributed by atoms with Crippen molar-refractivity contribution >= 4 is 69.8 Å². The first kappa shape index (κ1) is 39.1. The van der Waals surface area contributed by atoms with Crippen molar-refractivity contribution in [2.75, 3.05) is 38.0 Å². The van der Waals surface area contributed by atoms with E-state index in [4.69, 9.17) is 16.6 Å². The van der Waals surface area contributed by atoms with Crippen LogP contribution in [0.3, 0.4) is 0 Å². The Morgan fingerprint density at radius 3 is 2.45 bits per heavy atom. The first-order valence-electron chi connectivity index (χ1n) is 19.2. The number of carbonyl (C=O) groups is 6. The van der Waals surface area contributed by atoms with Crippen molar-refractivity contribution in [2.45, 2.75) is 65.0 Å². The highest BCUT2D eigenvalue weighted by atomic mass is 35.5. The van der Waals surface area contributed by atoms with Gasteiger partial charge in [0.25, 0.3) is 11.8 Å². The molecule has 0 aliphatic carbocycles. The van der Waals surface area contributed by atoms with Gasteiger partial charge in [-0.2, -0.15) is 0 Å². The molecule has 0 spiro atoms. The number of aliphatic imine (C=N–C) groups is 1. The Morgan fingerprint density at radius 2 is 1.71 bits per heavy atom. The van der Waals surface area contributed by atoms with Crippen molar-refractivity contribution in [3.63, 3.8) is 0 Å². The molecule has 300 valence electrons. The monoisotopic (exact) mass is 824 g/mol. The Labute approximate surface area is 342 Å². The molecule has 2 saturated heterocycles. The zero-order valence-electron chi connectivity index (χ0n) is 32.1. The summed E-state index contributed by atoms with van der Waals surface area (Å²) in [4.78, 5) is 86.5. The molecule has 18 heteroatoms. The van der Waals surface area contributed by atoms with Gasteiger partial charge in [0.1, 0.15) is 22.9 Å². The molecule has 0 bridgehead atoms. The van der Waals surface area contributed by atoms with Crippen LogP contribution in [-0.4, -0.2) is 109 Å². The van der Waals surface area contributed by atoms with Crippen LogP contribution in [0.4, 0.5) is 5.69 Å². The first-order chi connectivity index (χ1) is 27.9. The number of hydrogen-bond donors (Lipinski definition) is 3. The molecule has 1 unspecified atom stereocenters. The second-order valence-corrected chi connectivity index (χ2v) is 16.4. The highest BCUT2D eigenvalue weighted by Gasteiger charge is 2.45. The smallest absolute Gasteiger partial charge is 0.264 e. The maximum atomic E-state index is 13.9. The summed E-state index contributed by atoms with van der Waals surface area (Å²) in [5.41, 5.74) is 7.51. The number of nitrogens with one attached hydrogen (secondary N) is 3. The molecule has 2 aromatic heterocycles. The van der Waals surface area contributed by atoms with E-state index < -0.39 is 35.7 Å². The fourth-order valence-corrected chi connectivity index (χ4v) is 9.20. The van der Waals surface area contributed by atoms with Crippen LogP contribution >= 0.6 is 22.9 Å². The molecule has 2 fully saturated rings. The van der Waals surface area contributed by atoms with Gasteiger partial charge < -0.3 is 10.2 Å². The van der Waals surface area contributed by atoms with Gasteiger partial charge >= 0.3 is 0 Å². The van der Waals surface area contributed by atoms with Crippen molar-refractivity contribution < 1.29 is 28.8 Å². The number of hydrazine groups is 1. The minimum absolute atomic E-state index is 0.0377. The van der Waals surface area contributed by atoms with Crippen molar-refractivity contribution in [3.8, 4) is 5.00 Å². The summed E-state index contributed by atoms with van der Waals surface area (Å²) < 4.78 is 2.03. The van der Waals surface area contributed by atoms with Crippen molar-refractivity contribution in [1.29, 1.82) is 0 Å². The van der Waals surface area contributed by atoms with Crippen LogP contribution in [0.2, 0.25) is 5.02 Å². The van der Waals surface area contributed by atoms with E-state index in [0.717, 1.165) is 43.0 Å². The predicted molar refractivity (Wildman–Crippen MR) is 215 cm³/mol. The molecular weight excluding hydrogens is 784 g/mol. The maximum Gasteiger partial charge on any atom is 0.264 e. The van der Waals surface area contributed by atoms with E-state index in [1.54, 1.807) is 28.4 Å². The lowest BCUT2D eigenvalue weighted by Crippen LogP contribution is -2.54. The zero-order valence-corrected chi connectivity index (χ0v) is 33.7. The van der Waals surface area contributed by atoms with E-state index in [1.165, 1.54) is 6.07 Å². The molecule has 58 heavy (non-hydrogen) atoms. The van der Waals surface area contributed by atoms with Crippen molar-refractivity contribution in [1.82, 2.24) is 40.3 Å². The van der Waals surface area contributed by atoms with E-state index >= 15 is 0 Å². The normalized spacial score (nSPS) is 19.3. The quantitative estimate of drug-likeness (QED) is 0.157. The average Bonchev–Trinajstić information content (AvgIpc) is 3.78. The predicted octanol–water partition coefficient (Wildman–Crippen LogP) is 3.66. The third kappa shape index (κ3) is 7.29. The lowest BCUT2D eigenvalue weighted by molar-refractivity contribution is -0.137. The van der Waals surface area contributed by atoms with E-state index in [2.05, 4.69) is 40.1 Å². The molecule has 3 N–H and O–H groups in total. The number of aromatic nitrogens is 3. The summed E-state index contributed by atoms with van der Waals surface area (Å²) in [5, 5.41) is 17.7. The second kappa shape index (κ2) is 15.9. The van der Waals surface area contributed by atoms with Crippen LogP contribution in [0.1, 0.15) is 92.1 Å². The second-order valence-electron chi connectivity index (χ2n) is 14.7. The summed E-state index contributed by atoms with van der Waals surface area (Å²) in [7, 11) is 0. The maximum absolute atomic E-state index is 13.9. The number of fused-ring (bicyclic) bond motifs is 4. The van der Waals surface area contributed by atoms with Crippen LogP contribution in [0.15, 0.2) is 47.5 Å². The number of piperazine rings is 1. The fourth-order valence-electron chi connectivity index (χ4n) is 7.86. The summed E-state index contributed by atoms with van der Waals surface area (Å²) in [6.07, 6.45) is 0.832. The number of aryl methyl sites for hydroxylation is 2. The topological polar surface area (TPSA) is 191 Å². The number of halogens is 1. The molecule has 4 aliphatic rings. The molecule has 0 saturated carbocycles. The minimum atomic E-state index is -1.05. The van der Waals surface area contributed by atoms with Crippen LogP contribution in [-0.2, 0) is 19.2 Å². The zero-order chi connectivity index (χ0) is 40.8. The van der Waals surface area contributed by atoms with Gasteiger partial charge in [0.2, 0.25) is 23.6 Å². The van der Waals surface area contributed by atoms with Crippen molar-refractivity contribution in [2.24, 2.45) is 4.99 Å². The highest BCUT2D eigenvalue weighted by molar-refractivity contribution is 7.15. The first-order valence-corrected chi connectivity index (χ1v) is 20.4. The van der Waals surface area contributed by atoms with E-state index in [-0.39, 0.29) is 48.6 Å². The Balaban J connectivity index is 0.849. The summed E-state index contributed by atoms with van der Waals surface area (Å²) in [6.45, 7) is 8.14. The van der Waals surface area contributed by atoms with Crippen LogP contribution in [0.5, 0.6) is 0 Å².